The van der Waals surface area contributed by atoms with Crippen molar-refractivity contribution in [1.29, 1.82) is 0 Å². The number of rotatable bonds is 5. The van der Waals surface area contributed by atoms with Crippen molar-refractivity contribution < 1.29 is 9.90 Å². The first kappa shape index (κ1) is 14.0. The van der Waals surface area contributed by atoms with E-state index in [9.17, 15) is 9.90 Å². The summed E-state index contributed by atoms with van der Waals surface area (Å²) in [5.41, 5.74) is 0.576. The first-order chi connectivity index (χ1) is 9.20. The van der Waals surface area contributed by atoms with E-state index in [0.29, 0.717) is 18.2 Å². The van der Waals surface area contributed by atoms with Crippen molar-refractivity contribution in [3.05, 3.63) is 18.2 Å². The lowest BCUT2D eigenvalue weighted by Gasteiger charge is -2.31. The molecule has 2 rings (SSSR count). The summed E-state index contributed by atoms with van der Waals surface area (Å²) in [6.45, 7) is 3.70. The van der Waals surface area contributed by atoms with E-state index in [1.165, 1.54) is 0 Å². The molecule has 19 heavy (non-hydrogen) atoms. The number of piperidine rings is 1. The van der Waals surface area contributed by atoms with Gasteiger partial charge in [-0.1, -0.05) is 0 Å². The van der Waals surface area contributed by atoms with Gasteiger partial charge in [0.05, 0.1) is 12.5 Å². The van der Waals surface area contributed by atoms with Gasteiger partial charge in [0.1, 0.15) is 5.69 Å². The van der Waals surface area contributed by atoms with Crippen LogP contribution in [0.5, 0.6) is 0 Å². The van der Waals surface area contributed by atoms with Crippen LogP contribution in [0.25, 0.3) is 0 Å². The van der Waals surface area contributed by atoms with Gasteiger partial charge in [0, 0.05) is 33.3 Å². The highest BCUT2D eigenvalue weighted by Crippen LogP contribution is 2.14. The number of imidazole rings is 1. The quantitative estimate of drug-likeness (QED) is 0.778. The van der Waals surface area contributed by atoms with Crippen molar-refractivity contribution in [2.24, 2.45) is 13.0 Å². The maximum absolute atomic E-state index is 11.9. The van der Waals surface area contributed by atoms with Gasteiger partial charge in [-0.25, -0.2) is 4.98 Å². The highest BCUT2D eigenvalue weighted by Gasteiger charge is 2.19. The summed E-state index contributed by atoms with van der Waals surface area (Å²) in [5, 5.41) is 12.1. The fourth-order valence-electron chi connectivity index (χ4n) is 2.50. The summed E-state index contributed by atoms with van der Waals surface area (Å²) in [6.07, 6.45) is 5.42. The molecule has 6 nitrogen and oxygen atoms in total. The normalized spacial score (nSPS) is 20.4. The van der Waals surface area contributed by atoms with Gasteiger partial charge >= 0.3 is 0 Å². The molecule has 106 valence electrons. The zero-order valence-corrected chi connectivity index (χ0v) is 11.4. The summed E-state index contributed by atoms with van der Waals surface area (Å²) in [5.74, 6) is 0.303. The minimum Gasteiger partial charge on any atom is -0.396 e. The van der Waals surface area contributed by atoms with Crippen molar-refractivity contribution in [2.75, 3.05) is 32.8 Å². The van der Waals surface area contributed by atoms with Crippen LogP contribution < -0.4 is 5.32 Å². The van der Waals surface area contributed by atoms with E-state index in [1.54, 1.807) is 24.1 Å². The Morgan fingerprint density at radius 3 is 3.16 bits per heavy atom. The minimum absolute atomic E-state index is 0.0873. The standard InChI is InChI=1S/C13H22N4O2/c1-16-10-14-7-12(16)13(19)15-4-6-17-5-2-3-11(8-17)9-18/h7,10-11,18H,2-6,8-9H2,1H3,(H,15,19). The monoisotopic (exact) mass is 266 g/mol. The second kappa shape index (κ2) is 6.68. The second-order valence-corrected chi connectivity index (χ2v) is 5.14. The zero-order valence-electron chi connectivity index (χ0n) is 11.4. The summed E-state index contributed by atoms with van der Waals surface area (Å²) in [6, 6.07) is 0. The van der Waals surface area contributed by atoms with Crippen LogP contribution in [0.1, 0.15) is 23.3 Å². The molecule has 1 aromatic rings. The fraction of sp³-hybridized carbons (Fsp3) is 0.692. The number of nitrogens with one attached hydrogen (secondary N) is 1. The number of hydrogen-bond acceptors (Lipinski definition) is 4. The molecule has 1 fully saturated rings. The molecular weight excluding hydrogens is 244 g/mol. The highest BCUT2D eigenvalue weighted by molar-refractivity contribution is 5.92. The molecule has 2 heterocycles. The lowest BCUT2D eigenvalue weighted by Crippen LogP contribution is -2.41. The van der Waals surface area contributed by atoms with Crippen molar-refractivity contribution in [1.82, 2.24) is 19.8 Å². The summed E-state index contributed by atoms with van der Waals surface area (Å²) in [7, 11) is 1.80. The Morgan fingerprint density at radius 1 is 1.63 bits per heavy atom. The molecule has 2 N–H and O–H groups in total. The van der Waals surface area contributed by atoms with Gasteiger partial charge in [0.15, 0.2) is 0 Å². The van der Waals surface area contributed by atoms with E-state index >= 15 is 0 Å². The largest absolute Gasteiger partial charge is 0.396 e. The Balaban J connectivity index is 1.72. The number of aliphatic hydroxyl groups is 1. The highest BCUT2D eigenvalue weighted by atomic mass is 16.3. The van der Waals surface area contributed by atoms with Crippen LogP contribution in [0.2, 0.25) is 0 Å². The summed E-state index contributed by atoms with van der Waals surface area (Å²) >= 11 is 0. The van der Waals surface area contributed by atoms with Gasteiger partial charge in [-0.15, -0.1) is 0 Å². The van der Waals surface area contributed by atoms with E-state index in [4.69, 9.17) is 0 Å². The molecule has 0 spiro atoms. The van der Waals surface area contributed by atoms with E-state index in [-0.39, 0.29) is 12.5 Å². The van der Waals surface area contributed by atoms with E-state index in [1.807, 2.05) is 0 Å². The Bertz CT molecular complexity index is 419. The number of aromatic nitrogens is 2. The van der Waals surface area contributed by atoms with Gasteiger partial charge in [0.25, 0.3) is 5.91 Å². The maximum atomic E-state index is 11.9. The fourth-order valence-corrected chi connectivity index (χ4v) is 2.50. The van der Waals surface area contributed by atoms with Crippen LogP contribution in [0.3, 0.4) is 0 Å². The molecule has 1 aliphatic heterocycles. The summed E-state index contributed by atoms with van der Waals surface area (Å²) < 4.78 is 1.71. The molecule has 6 heteroatoms. The minimum atomic E-state index is -0.0873. The van der Waals surface area contributed by atoms with Gasteiger partial charge in [-0.2, -0.15) is 0 Å². The molecule has 1 aliphatic rings. The van der Waals surface area contributed by atoms with Crippen molar-refractivity contribution in [3.63, 3.8) is 0 Å². The van der Waals surface area contributed by atoms with E-state index < -0.39 is 0 Å². The van der Waals surface area contributed by atoms with Crippen LogP contribution in [0.4, 0.5) is 0 Å². The molecule has 1 unspecified atom stereocenters. The van der Waals surface area contributed by atoms with Crippen molar-refractivity contribution in [3.8, 4) is 0 Å². The van der Waals surface area contributed by atoms with Gasteiger partial charge in [-0.3, -0.25) is 4.79 Å². The number of hydrogen-bond donors (Lipinski definition) is 2. The molecule has 1 atom stereocenters. The lowest BCUT2D eigenvalue weighted by atomic mass is 9.99. The van der Waals surface area contributed by atoms with Gasteiger partial charge in [-0.05, 0) is 25.3 Å². The van der Waals surface area contributed by atoms with Crippen LogP contribution >= 0.6 is 0 Å². The molecule has 1 aromatic heterocycles. The molecule has 0 aromatic carbocycles. The number of aryl methyl sites for hydroxylation is 1. The third-order valence-electron chi connectivity index (χ3n) is 3.62. The van der Waals surface area contributed by atoms with Crippen LogP contribution in [0.15, 0.2) is 12.5 Å². The molecule has 0 bridgehead atoms. The molecule has 0 aliphatic carbocycles. The molecule has 0 radical (unpaired) electrons. The predicted molar refractivity (Wildman–Crippen MR) is 71.8 cm³/mol. The first-order valence-electron chi connectivity index (χ1n) is 6.78. The Morgan fingerprint density at radius 2 is 2.47 bits per heavy atom. The average Bonchev–Trinajstić information content (AvgIpc) is 2.85. The van der Waals surface area contributed by atoms with Crippen LogP contribution in [-0.4, -0.2) is 58.3 Å². The Labute approximate surface area is 113 Å². The SMILES string of the molecule is Cn1cncc1C(=O)NCCN1CCCC(CO)C1. The molecular formula is C13H22N4O2. The molecule has 1 saturated heterocycles. The Hall–Kier alpha value is -1.40. The van der Waals surface area contributed by atoms with Gasteiger partial charge < -0.3 is 19.9 Å². The topological polar surface area (TPSA) is 70.4 Å². The van der Waals surface area contributed by atoms with E-state index in [2.05, 4.69) is 15.2 Å². The predicted octanol–water partition coefficient (Wildman–Crippen LogP) is -0.146. The smallest absolute Gasteiger partial charge is 0.269 e. The average molecular weight is 266 g/mol. The number of carbonyl (C=O) groups is 1. The third-order valence-corrected chi connectivity index (χ3v) is 3.62. The first-order valence-corrected chi connectivity index (χ1v) is 6.78. The van der Waals surface area contributed by atoms with Crippen LogP contribution in [0, 0.1) is 5.92 Å². The Kier molecular flexibility index (Phi) is 4.93. The van der Waals surface area contributed by atoms with Crippen molar-refractivity contribution in [2.45, 2.75) is 12.8 Å². The maximum Gasteiger partial charge on any atom is 0.269 e. The third kappa shape index (κ3) is 3.78. The second-order valence-electron chi connectivity index (χ2n) is 5.14. The lowest BCUT2D eigenvalue weighted by molar-refractivity contribution is 0.0923. The number of aliphatic hydroxyl groups excluding tert-OH is 1. The molecule has 0 saturated carbocycles. The number of carbonyl (C=O) groups excluding carboxylic acids is 1. The zero-order chi connectivity index (χ0) is 13.7. The number of nitrogens with zero attached hydrogens (tertiary/aromatic N) is 3. The number of amides is 1. The van der Waals surface area contributed by atoms with Crippen molar-refractivity contribution >= 4 is 5.91 Å². The number of likely N-dealkylation sites (tertiary alicyclic amines) is 1. The summed E-state index contributed by atoms with van der Waals surface area (Å²) in [4.78, 5) is 18.1. The van der Waals surface area contributed by atoms with E-state index in [0.717, 1.165) is 32.5 Å². The molecule has 1 amide bonds. The van der Waals surface area contributed by atoms with Gasteiger partial charge in [0.2, 0.25) is 0 Å². The van der Waals surface area contributed by atoms with Crippen LogP contribution in [-0.2, 0) is 7.05 Å².